The summed E-state index contributed by atoms with van der Waals surface area (Å²) in [4.78, 5) is 4.98. The van der Waals surface area contributed by atoms with Crippen LogP contribution in [-0.4, -0.2) is 24.2 Å². The van der Waals surface area contributed by atoms with E-state index >= 15 is 0 Å². The Morgan fingerprint density at radius 2 is 2.38 bits per heavy atom. The van der Waals surface area contributed by atoms with E-state index in [-0.39, 0.29) is 30.5 Å². The lowest BCUT2D eigenvalue weighted by Crippen LogP contribution is -2.34. The van der Waals surface area contributed by atoms with Crippen LogP contribution in [0.1, 0.15) is 18.7 Å². The van der Waals surface area contributed by atoms with E-state index in [1.165, 1.54) is 11.3 Å². The lowest BCUT2D eigenvalue weighted by atomic mass is 10.1. The van der Waals surface area contributed by atoms with Gasteiger partial charge in [-0.25, -0.2) is 0 Å². The van der Waals surface area contributed by atoms with Gasteiger partial charge in [-0.15, -0.1) is 35.3 Å². The maximum atomic E-state index is 10.1. The van der Waals surface area contributed by atoms with Crippen molar-refractivity contribution in [3.63, 3.8) is 0 Å². The molecule has 0 aliphatic heterocycles. The fraction of sp³-hybridized carbons (Fsp3) is 0.500. The molecule has 0 saturated carbocycles. The highest BCUT2D eigenvalue weighted by atomic mass is 127. The molecule has 0 aromatic carbocycles. The summed E-state index contributed by atoms with van der Waals surface area (Å²) in [5, 5.41) is 14.9. The van der Waals surface area contributed by atoms with E-state index in [4.69, 9.17) is 5.73 Å². The molecule has 0 aliphatic carbocycles. The Bertz CT molecular complexity index is 325. The summed E-state index contributed by atoms with van der Waals surface area (Å²) in [6.45, 7) is 4.68. The van der Waals surface area contributed by atoms with Crippen LogP contribution in [0.5, 0.6) is 0 Å². The van der Waals surface area contributed by atoms with Crippen molar-refractivity contribution in [1.82, 2.24) is 5.32 Å². The largest absolute Gasteiger partial charge is 0.383 e. The lowest BCUT2D eigenvalue weighted by Gasteiger charge is -2.19. The summed E-state index contributed by atoms with van der Waals surface area (Å²) in [5.74, 6) is 0.370. The fourth-order valence-corrected chi connectivity index (χ4v) is 1.92. The summed E-state index contributed by atoms with van der Waals surface area (Å²) in [5.41, 5.74) is 4.64. The number of hydrogen-bond donors (Lipinski definition) is 3. The van der Waals surface area contributed by atoms with Gasteiger partial charge >= 0.3 is 0 Å². The normalized spacial score (nSPS) is 15.1. The first-order valence-corrected chi connectivity index (χ1v) is 5.74. The molecule has 0 aliphatic rings. The highest BCUT2D eigenvalue weighted by Gasteiger charge is 2.23. The SMILES string of the molecule is CCNC(N)=NCC(C)(O)c1cccs1.I. The Morgan fingerprint density at radius 3 is 2.88 bits per heavy atom. The van der Waals surface area contributed by atoms with Crippen LogP contribution in [0.4, 0.5) is 0 Å². The molecule has 1 aromatic heterocycles. The van der Waals surface area contributed by atoms with Gasteiger partial charge in [0.25, 0.3) is 0 Å². The predicted octanol–water partition coefficient (Wildman–Crippen LogP) is 1.50. The van der Waals surface area contributed by atoms with Crippen molar-refractivity contribution in [2.24, 2.45) is 10.7 Å². The molecule has 16 heavy (non-hydrogen) atoms. The zero-order valence-corrected chi connectivity index (χ0v) is 12.6. The van der Waals surface area contributed by atoms with Crippen LogP contribution in [0.25, 0.3) is 0 Å². The van der Waals surface area contributed by atoms with Gasteiger partial charge in [-0.05, 0) is 25.3 Å². The number of nitrogens with zero attached hydrogens (tertiary/aromatic N) is 1. The fourth-order valence-electron chi connectivity index (χ4n) is 1.14. The van der Waals surface area contributed by atoms with Crippen LogP contribution < -0.4 is 11.1 Å². The minimum atomic E-state index is -0.936. The van der Waals surface area contributed by atoms with E-state index in [0.29, 0.717) is 5.96 Å². The number of aliphatic imine (C=N–C) groups is 1. The van der Waals surface area contributed by atoms with E-state index in [2.05, 4.69) is 10.3 Å². The van der Waals surface area contributed by atoms with Crippen molar-refractivity contribution in [2.45, 2.75) is 19.4 Å². The average Bonchev–Trinajstić information content (AvgIpc) is 2.69. The second-order valence-corrected chi connectivity index (χ2v) is 4.43. The van der Waals surface area contributed by atoms with E-state index < -0.39 is 5.60 Å². The Labute approximate surface area is 117 Å². The van der Waals surface area contributed by atoms with E-state index in [0.717, 1.165) is 11.4 Å². The molecule has 1 aromatic rings. The standard InChI is InChI=1S/C10H17N3OS.HI/c1-3-12-9(11)13-7-10(2,14)8-5-4-6-15-8;/h4-6,14H,3,7H2,1-2H3,(H3,11,12,13);1H. The first kappa shape index (κ1) is 15.7. The van der Waals surface area contributed by atoms with Crippen molar-refractivity contribution in [1.29, 1.82) is 0 Å². The molecule has 1 unspecified atom stereocenters. The quantitative estimate of drug-likeness (QED) is 0.436. The molecule has 0 bridgehead atoms. The highest BCUT2D eigenvalue weighted by molar-refractivity contribution is 14.0. The van der Waals surface area contributed by atoms with Crippen LogP contribution in [0, 0.1) is 0 Å². The first-order chi connectivity index (χ1) is 7.06. The number of rotatable bonds is 4. The van der Waals surface area contributed by atoms with Crippen molar-refractivity contribution in [3.8, 4) is 0 Å². The molecule has 4 nitrogen and oxygen atoms in total. The summed E-state index contributed by atoms with van der Waals surface area (Å²) >= 11 is 1.51. The minimum absolute atomic E-state index is 0. The maximum absolute atomic E-state index is 10.1. The molecule has 1 rings (SSSR count). The van der Waals surface area contributed by atoms with Crippen molar-refractivity contribution in [3.05, 3.63) is 22.4 Å². The van der Waals surface area contributed by atoms with Crippen LogP contribution in [0.15, 0.2) is 22.5 Å². The third-order valence-electron chi connectivity index (χ3n) is 1.97. The number of nitrogens with two attached hydrogens (primary N) is 1. The molecule has 0 spiro atoms. The smallest absolute Gasteiger partial charge is 0.188 e. The summed E-state index contributed by atoms with van der Waals surface area (Å²) < 4.78 is 0. The number of nitrogens with one attached hydrogen (secondary N) is 1. The van der Waals surface area contributed by atoms with E-state index in [1.54, 1.807) is 6.92 Å². The van der Waals surface area contributed by atoms with Gasteiger partial charge in [0.1, 0.15) is 5.60 Å². The van der Waals surface area contributed by atoms with Gasteiger partial charge in [-0.3, -0.25) is 4.99 Å². The van der Waals surface area contributed by atoms with Gasteiger partial charge in [0.05, 0.1) is 6.54 Å². The number of halogens is 1. The van der Waals surface area contributed by atoms with Crippen LogP contribution in [-0.2, 0) is 5.60 Å². The number of hydrogen-bond acceptors (Lipinski definition) is 3. The molecule has 4 N–H and O–H groups in total. The van der Waals surface area contributed by atoms with Gasteiger partial charge < -0.3 is 16.2 Å². The van der Waals surface area contributed by atoms with E-state index in [9.17, 15) is 5.11 Å². The summed E-state index contributed by atoms with van der Waals surface area (Å²) in [6, 6.07) is 3.80. The molecule has 0 amide bonds. The molecule has 1 heterocycles. The minimum Gasteiger partial charge on any atom is -0.383 e. The van der Waals surface area contributed by atoms with Crippen LogP contribution in [0.2, 0.25) is 0 Å². The first-order valence-electron chi connectivity index (χ1n) is 4.86. The Kier molecular flexibility index (Phi) is 6.93. The second-order valence-electron chi connectivity index (χ2n) is 3.48. The second kappa shape index (κ2) is 7.08. The highest BCUT2D eigenvalue weighted by Crippen LogP contribution is 2.25. The van der Waals surface area contributed by atoms with Crippen molar-refractivity contribution in [2.75, 3.05) is 13.1 Å². The summed E-state index contributed by atoms with van der Waals surface area (Å²) in [6.07, 6.45) is 0. The topological polar surface area (TPSA) is 70.6 Å². The van der Waals surface area contributed by atoms with Crippen LogP contribution >= 0.6 is 35.3 Å². The summed E-state index contributed by atoms with van der Waals surface area (Å²) in [7, 11) is 0. The van der Waals surface area contributed by atoms with Gasteiger partial charge in [0, 0.05) is 11.4 Å². The zero-order chi connectivity index (χ0) is 11.3. The maximum Gasteiger partial charge on any atom is 0.188 e. The monoisotopic (exact) mass is 355 g/mol. The lowest BCUT2D eigenvalue weighted by molar-refractivity contribution is 0.0712. The molecule has 0 radical (unpaired) electrons. The third kappa shape index (κ3) is 4.67. The molecule has 92 valence electrons. The number of guanidine groups is 1. The van der Waals surface area contributed by atoms with E-state index in [1.807, 2.05) is 24.4 Å². The molecule has 6 heteroatoms. The Balaban J connectivity index is 0.00000225. The van der Waals surface area contributed by atoms with Gasteiger partial charge in [0.15, 0.2) is 5.96 Å². The number of thiophene rings is 1. The molecule has 0 fully saturated rings. The zero-order valence-electron chi connectivity index (χ0n) is 9.43. The third-order valence-corrected chi connectivity index (χ3v) is 3.09. The van der Waals surface area contributed by atoms with Crippen LogP contribution in [0.3, 0.4) is 0 Å². The van der Waals surface area contributed by atoms with Gasteiger partial charge in [-0.2, -0.15) is 0 Å². The molecule has 0 saturated heterocycles. The predicted molar refractivity (Wildman–Crippen MR) is 79.5 cm³/mol. The Morgan fingerprint density at radius 1 is 1.69 bits per heavy atom. The number of aliphatic hydroxyl groups is 1. The average molecular weight is 355 g/mol. The molecular weight excluding hydrogens is 337 g/mol. The van der Waals surface area contributed by atoms with Crippen molar-refractivity contribution >= 4 is 41.3 Å². The Hall–Kier alpha value is -0.340. The van der Waals surface area contributed by atoms with Gasteiger partial charge in [0.2, 0.25) is 0 Å². The van der Waals surface area contributed by atoms with Crippen molar-refractivity contribution < 1.29 is 5.11 Å². The molecule has 1 atom stereocenters. The molecular formula is C10H18IN3OS. The van der Waals surface area contributed by atoms with Gasteiger partial charge in [-0.1, -0.05) is 6.07 Å².